The number of sulfone groups is 1. The molecule has 19 heteroatoms. The predicted molar refractivity (Wildman–Crippen MR) is 207 cm³/mol. The van der Waals surface area contributed by atoms with Gasteiger partial charge < -0.3 is 23.5 Å². The van der Waals surface area contributed by atoms with Crippen molar-refractivity contribution in [3.63, 3.8) is 0 Å². The van der Waals surface area contributed by atoms with E-state index in [0.29, 0.717) is 34.0 Å². The van der Waals surface area contributed by atoms with Gasteiger partial charge in [0, 0.05) is 48.4 Å². The van der Waals surface area contributed by atoms with Crippen LogP contribution in [0.1, 0.15) is 42.1 Å². The fourth-order valence-electron chi connectivity index (χ4n) is 5.88. The Kier molecular flexibility index (Phi) is 14.2. The number of amides is 1. The summed E-state index contributed by atoms with van der Waals surface area (Å²) in [5.41, 5.74) is 0.689. The molecule has 4 aromatic carbocycles. The molecular weight excluding hydrogens is 847 g/mol. The van der Waals surface area contributed by atoms with Gasteiger partial charge in [-0.1, -0.05) is 35.3 Å². The highest BCUT2D eigenvalue weighted by Crippen LogP contribution is 2.33. The largest absolute Gasteiger partial charge is 0.481 e. The maximum Gasteiger partial charge on any atom is 0.411 e. The molecule has 0 radical (unpaired) electrons. The summed E-state index contributed by atoms with van der Waals surface area (Å²) < 4.78 is 96.1. The van der Waals surface area contributed by atoms with Gasteiger partial charge in [0.15, 0.2) is 38.9 Å². The summed E-state index contributed by atoms with van der Waals surface area (Å²) in [6, 6.07) is 19.9. The van der Waals surface area contributed by atoms with Gasteiger partial charge in [0.25, 0.3) is 5.91 Å². The van der Waals surface area contributed by atoms with E-state index < -0.39 is 74.3 Å². The first kappa shape index (κ1) is 44.7. The van der Waals surface area contributed by atoms with Crippen LogP contribution in [0.25, 0.3) is 11.1 Å². The number of likely N-dealkylation sites (N-methyl/N-ethyl adjacent to an activating group) is 1. The average molecular weight is 882 g/mol. The number of hydrogen-bond donors (Lipinski definition) is 0. The van der Waals surface area contributed by atoms with E-state index in [1.807, 2.05) is 0 Å². The number of hydrogen-bond acceptors (Lipinski definition) is 11. The smallest absolute Gasteiger partial charge is 0.411 e. The lowest BCUT2D eigenvalue weighted by atomic mass is 9.81. The van der Waals surface area contributed by atoms with Crippen molar-refractivity contribution in [3.05, 3.63) is 106 Å². The van der Waals surface area contributed by atoms with Crippen LogP contribution in [0.2, 0.25) is 10.0 Å². The molecule has 1 aromatic heterocycles. The number of para-hydroxylation sites is 1. The quantitative estimate of drug-likeness (QED) is 0.0670. The van der Waals surface area contributed by atoms with Crippen LogP contribution < -0.4 is 14.4 Å². The first-order valence-electron chi connectivity index (χ1n) is 17.5. The molecular formula is C40H34Cl2F4N2O10S. The number of rotatable bonds is 12. The number of aromatic nitrogens is 1. The molecule has 1 heterocycles. The molecule has 0 aliphatic heterocycles. The van der Waals surface area contributed by atoms with Crippen LogP contribution in [0.15, 0.2) is 88.2 Å². The number of Topliss-reactive ketones (excluding diaryl/α,β-unsaturated/α-hetero) is 3. The van der Waals surface area contributed by atoms with E-state index in [0.717, 1.165) is 18.4 Å². The lowest BCUT2D eigenvalue weighted by Crippen LogP contribution is -2.38. The molecule has 312 valence electrons. The third-order valence-electron chi connectivity index (χ3n) is 8.69. The molecule has 0 bridgehead atoms. The van der Waals surface area contributed by atoms with Crippen molar-refractivity contribution < 1.29 is 63.8 Å². The molecule has 12 nitrogen and oxygen atoms in total. The van der Waals surface area contributed by atoms with Crippen molar-refractivity contribution in [1.82, 2.24) is 4.98 Å². The lowest BCUT2D eigenvalue weighted by Gasteiger charge is -2.22. The van der Waals surface area contributed by atoms with Gasteiger partial charge in [-0.15, -0.1) is 0 Å². The summed E-state index contributed by atoms with van der Waals surface area (Å²) >= 11 is 12.1. The van der Waals surface area contributed by atoms with Gasteiger partial charge in [0.05, 0.1) is 22.2 Å². The highest BCUT2D eigenvalue weighted by atomic mass is 35.5. The Morgan fingerprint density at radius 3 is 2.24 bits per heavy atom. The zero-order valence-electron chi connectivity index (χ0n) is 31.3. The number of oxazole rings is 1. The van der Waals surface area contributed by atoms with E-state index >= 15 is 0 Å². The minimum atomic E-state index is -4.65. The molecule has 0 unspecified atom stereocenters. The first-order chi connectivity index (χ1) is 27.7. The number of ether oxygens (including phenoxy) is 3. The molecule has 1 fully saturated rings. The van der Waals surface area contributed by atoms with Gasteiger partial charge in [-0.05, 0) is 74.0 Å². The third-order valence-corrected chi connectivity index (χ3v) is 10.5. The Morgan fingerprint density at radius 2 is 1.61 bits per heavy atom. The fourth-order valence-corrected chi connectivity index (χ4v) is 7.33. The topological polar surface area (TPSA) is 159 Å². The van der Waals surface area contributed by atoms with E-state index in [1.54, 1.807) is 61.5 Å². The number of halogens is 6. The number of anilines is 1. The molecule has 6 rings (SSSR count). The number of carbonyl (C=O) groups is 4. The van der Waals surface area contributed by atoms with E-state index in [1.165, 1.54) is 24.1 Å². The van der Waals surface area contributed by atoms with Crippen LogP contribution in [0.4, 0.5) is 23.2 Å². The Balaban J connectivity index is 0.000000226. The second-order valence-corrected chi connectivity index (χ2v) is 15.9. The minimum Gasteiger partial charge on any atom is -0.481 e. The van der Waals surface area contributed by atoms with Gasteiger partial charge in [0.2, 0.25) is 0 Å². The number of ketones is 3. The van der Waals surface area contributed by atoms with Crippen molar-refractivity contribution in [1.29, 1.82) is 0 Å². The number of nitrogens with zero attached hydrogens (tertiary/aromatic N) is 2. The highest BCUT2D eigenvalue weighted by Gasteiger charge is 2.38. The number of benzene rings is 4. The van der Waals surface area contributed by atoms with Crippen molar-refractivity contribution in [3.8, 4) is 17.6 Å². The Bertz CT molecular complexity index is 2480. The Hall–Kier alpha value is -5.36. The molecule has 0 saturated heterocycles. The summed E-state index contributed by atoms with van der Waals surface area (Å²) in [5.74, 6) is -3.51. The highest BCUT2D eigenvalue weighted by molar-refractivity contribution is 7.90. The van der Waals surface area contributed by atoms with E-state index in [9.17, 15) is 45.2 Å². The molecule has 0 N–H and O–H groups in total. The van der Waals surface area contributed by atoms with Gasteiger partial charge in [-0.25, -0.2) is 12.8 Å². The Morgan fingerprint density at radius 1 is 0.966 bits per heavy atom. The maximum absolute atomic E-state index is 13.9. The molecule has 1 atom stereocenters. The van der Waals surface area contributed by atoms with Crippen molar-refractivity contribution >= 4 is 73.1 Å². The monoisotopic (exact) mass is 880 g/mol. The van der Waals surface area contributed by atoms with Crippen LogP contribution in [-0.2, 0) is 35.6 Å². The Labute approximate surface area is 344 Å². The molecule has 5 aromatic rings. The molecule has 1 aliphatic carbocycles. The van der Waals surface area contributed by atoms with Gasteiger partial charge in [0.1, 0.15) is 35.4 Å². The molecule has 1 amide bonds. The third kappa shape index (κ3) is 11.4. The van der Waals surface area contributed by atoms with Crippen LogP contribution in [0, 0.1) is 11.7 Å². The number of carbonyl (C=O) groups excluding carboxylic acids is 4. The zero-order chi connectivity index (χ0) is 43.2. The van der Waals surface area contributed by atoms with Crippen LogP contribution in [0.3, 0.4) is 0 Å². The zero-order valence-corrected chi connectivity index (χ0v) is 33.7. The second kappa shape index (κ2) is 18.7. The normalized spacial score (nSPS) is 14.1. The van der Waals surface area contributed by atoms with Crippen molar-refractivity contribution in [2.75, 3.05) is 24.8 Å². The summed E-state index contributed by atoms with van der Waals surface area (Å²) in [5, 5.41) is 0.0855. The average Bonchev–Trinajstić information content (AvgIpc) is 3.56. The SMILES string of the molecule is CS(=O)(=O)c1ccc(C(=O)C2C(=O)CCCC2=O)c(Cl)c1COCC(F)(F)F.C[C@H](Oc1ccc(Oc2nc3ccc(Cl)cc3o2)cc1)C(=O)N(C)c1ccccc1F. The summed E-state index contributed by atoms with van der Waals surface area (Å²) in [7, 11) is -2.40. The first-order valence-corrected chi connectivity index (χ1v) is 20.2. The van der Waals surface area contributed by atoms with E-state index in [4.69, 9.17) is 37.1 Å². The van der Waals surface area contributed by atoms with Crippen LogP contribution >= 0.6 is 23.2 Å². The van der Waals surface area contributed by atoms with E-state index in [2.05, 4.69) is 9.72 Å². The standard InChI is InChI=1S/C23H18ClFN2O4.C17H16ClF3O6S/c1-14(22(28)27(2)20-6-4-3-5-18(20)25)29-16-8-10-17(11-9-16)30-23-26-19-12-7-15(24)13-21(19)31-23;1-28(25,26)13-6-5-9(15(18)10(13)7-27-8-17(19,20)21)16(24)14-11(22)3-2-4-12(14)23/h3-14H,1-2H3;5-6,14H,2-4,7-8H2,1H3/t14-;/m0./s1. The number of alkyl halides is 3. The van der Waals surface area contributed by atoms with Crippen molar-refractivity contribution in [2.45, 2.75) is 50.0 Å². The lowest BCUT2D eigenvalue weighted by molar-refractivity contribution is -0.176. The summed E-state index contributed by atoms with van der Waals surface area (Å²) in [4.78, 5) is 54.3. The van der Waals surface area contributed by atoms with Crippen molar-refractivity contribution in [2.24, 2.45) is 5.92 Å². The van der Waals surface area contributed by atoms with Gasteiger partial charge >= 0.3 is 12.3 Å². The van der Waals surface area contributed by atoms with Gasteiger partial charge in [-0.3, -0.25) is 19.2 Å². The molecule has 59 heavy (non-hydrogen) atoms. The molecule has 1 saturated carbocycles. The molecule has 0 spiro atoms. The second-order valence-electron chi connectivity index (χ2n) is 13.1. The number of fused-ring (bicyclic) bond motifs is 1. The van der Waals surface area contributed by atoms with Gasteiger partial charge in [-0.2, -0.15) is 18.2 Å². The fraction of sp³-hybridized carbons (Fsp3) is 0.275. The summed E-state index contributed by atoms with van der Waals surface area (Å²) in [6.45, 7) is -0.869. The minimum absolute atomic E-state index is 0.0444. The van der Waals surface area contributed by atoms with E-state index in [-0.39, 0.29) is 41.6 Å². The maximum atomic E-state index is 13.9. The van der Waals surface area contributed by atoms with Crippen LogP contribution in [-0.4, -0.2) is 68.8 Å². The predicted octanol–water partition coefficient (Wildman–Crippen LogP) is 8.79. The molecule has 1 aliphatic rings. The summed E-state index contributed by atoms with van der Waals surface area (Å²) in [6.07, 6.45) is -4.14. The van der Waals surface area contributed by atoms with Crippen LogP contribution in [0.5, 0.6) is 17.6 Å².